The number of aromatic nitrogens is 2. The van der Waals surface area contributed by atoms with E-state index in [4.69, 9.17) is 0 Å². The molecule has 0 unspecified atom stereocenters. The van der Waals surface area contributed by atoms with Crippen molar-refractivity contribution in [3.63, 3.8) is 0 Å². The van der Waals surface area contributed by atoms with Crippen LogP contribution in [0.4, 0.5) is 5.13 Å². The van der Waals surface area contributed by atoms with Crippen LogP contribution in [0.2, 0.25) is 0 Å². The summed E-state index contributed by atoms with van der Waals surface area (Å²) in [4.78, 5) is 4.42. The van der Waals surface area contributed by atoms with E-state index in [1.54, 1.807) is 0 Å². The molecule has 1 aromatic rings. The van der Waals surface area contributed by atoms with Crippen LogP contribution in [0.5, 0.6) is 0 Å². The Morgan fingerprint density at radius 2 is 2.38 bits per heavy atom. The Morgan fingerprint density at radius 3 is 3.08 bits per heavy atom. The molecule has 1 heterocycles. The van der Waals surface area contributed by atoms with Gasteiger partial charge < -0.3 is 5.32 Å². The van der Waals surface area contributed by atoms with Crippen molar-refractivity contribution in [2.75, 3.05) is 11.9 Å². The lowest BCUT2D eigenvalue weighted by atomic mass is 10.3. The quantitative estimate of drug-likeness (QED) is 0.787. The molecule has 4 heteroatoms. The van der Waals surface area contributed by atoms with Gasteiger partial charge in [0.1, 0.15) is 5.82 Å². The molecule has 0 atom stereocenters. The standard InChI is InChI=1S/C9H15N3S/c1-2-5-10-9-11-8(12-13-9)6-7-3-4-7/h7H,2-6H2,1H3,(H,10,11,12). The largest absolute Gasteiger partial charge is 0.360 e. The molecule has 13 heavy (non-hydrogen) atoms. The summed E-state index contributed by atoms with van der Waals surface area (Å²) in [6.07, 6.45) is 4.97. The number of nitrogens with one attached hydrogen (secondary N) is 1. The zero-order chi connectivity index (χ0) is 9.10. The molecule has 1 N–H and O–H groups in total. The van der Waals surface area contributed by atoms with Crippen molar-refractivity contribution in [2.24, 2.45) is 5.92 Å². The molecule has 3 nitrogen and oxygen atoms in total. The summed E-state index contributed by atoms with van der Waals surface area (Å²) < 4.78 is 4.32. The van der Waals surface area contributed by atoms with E-state index in [0.29, 0.717) is 0 Å². The molecule has 0 bridgehead atoms. The maximum absolute atomic E-state index is 4.42. The maximum Gasteiger partial charge on any atom is 0.202 e. The van der Waals surface area contributed by atoms with Gasteiger partial charge in [-0.05, 0) is 25.2 Å². The van der Waals surface area contributed by atoms with E-state index in [2.05, 4.69) is 21.6 Å². The summed E-state index contributed by atoms with van der Waals surface area (Å²) >= 11 is 1.49. The van der Waals surface area contributed by atoms with Crippen LogP contribution in [0, 0.1) is 5.92 Å². The number of hydrogen-bond acceptors (Lipinski definition) is 4. The summed E-state index contributed by atoms with van der Waals surface area (Å²) in [5.74, 6) is 1.92. The van der Waals surface area contributed by atoms with Crippen molar-refractivity contribution >= 4 is 16.7 Å². The van der Waals surface area contributed by atoms with Gasteiger partial charge in [0.2, 0.25) is 5.13 Å². The SMILES string of the molecule is CCCNc1nc(CC2CC2)ns1. The minimum Gasteiger partial charge on any atom is -0.360 e. The van der Waals surface area contributed by atoms with Crippen LogP contribution < -0.4 is 5.32 Å². The van der Waals surface area contributed by atoms with Crippen molar-refractivity contribution < 1.29 is 0 Å². The van der Waals surface area contributed by atoms with E-state index in [0.717, 1.165) is 36.3 Å². The molecule has 0 spiro atoms. The Bertz CT molecular complexity index is 268. The molecule has 1 saturated carbocycles. The third-order valence-corrected chi connectivity index (χ3v) is 2.87. The van der Waals surface area contributed by atoms with E-state index in [-0.39, 0.29) is 0 Å². The second kappa shape index (κ2) is 4.05. The van der Waals surface area contributed by atoms with E-state index >= 15 is 0 Å². The van der Waals surface area contributed by atoms with Crippen LogP contribution in [0.25, 0.3) is 0 Å². The first-order valence-corrected chi connectivity index (χ1v) is 5.72. The lowest BCUT2D eigenvalue weighted by Crippen LogP contribution is -1.99. The molecule has 1 aliphatic rings. The van der Waals surface area contributed by atoms with E-state index in [1.807, 2.05) is 0 Å². The maximum atomic E-state index is 4.42. The van der Waals surface area contributed by atoms with Gasteiger partial charge in [-0.1, -0.05) is 6.92 Å². The first-order chi connectivity index (χ1) is 6.38. The highest BCUT2D eigenvalue weighted by Gasteiger charge is 2.23. The molecule has 1 aromatic heterocycles. The van der Waals surface area contributed by atoms with Gasteiger partial charge in [-0.3, -0.25) is 0 Å². The second-order valence-electron chi connectivity index (χ2n) is 3.59. The highest BCUT2D eigenvalue weighted by Crippen LogP contribution is 2.32. The zero-order valence-corrected chi connectivity index (χ0v) is 8.73. The van der Waals surface area contributed by atoms with Gasteiger partial charge >= 0.3 is 0 Å². The van der Waals surface area contributed by atoms with Crippen LogP contribution in [-0.4, -0.2) is 15.9 Å². The monoisotopic (exact) mass is 197 g/mol. The molecule has 0 saturated heterocycles. The van der Waals surface area contributed by atoms with Crippen LogP contribution in [0.1, 0.15) is 32.0 Å². The van der Waals surface area contributed by atoms with Crippen molar-refractivity contribution in [1.29, 1.82) is 0 Å². The molecule has 2 rings (SSSR count). The smallest absolute Gasteiger partial charge is 0.202 e. The fourth-order valence-electron chi connectivity index (χ4n) is 1.22. The number of hydrogen-bond donors (Lipinski definition) is 1. The van der Waals surface area contributed by atoms with Crippen molar-refractivity contribution in [3.05, 3.63) is 5.82 Å². The highest BCUT2D eigenvalue weighted by molar-refractivity contribution is 7.09. The summed E-state index contributed by atoms with van der Waals surface area (Å²) in [6, 6.07) is 0. The fourth-order valence-corrected chi connectivity index (χ4v) is 1.84. The molecule has 0 aromatic carbocycles. The predicted octanol–water partition coefficient (Wildman–Crippen LogP) is 2.31. The predicted molar refractivity (Wildman–Crippen MR) is 55.1 cm³/mol. The third kappa shape index (κ3) is 2.66. The average molecular weight is 197 g/mol. The van der Waals surface area contributed by atoms with Gasteiger partial charge in [-0.2, -0.15) is 4.37 Å². The van der Waals surface area contributed by atoms with Crippen LogP contribution in [0.3, 0.4) is 0 Å². The molecule has 0 amide bonds. The van der Waals surface area contributed by atoms with E-state index in [9.17, 15) is 0 Å². The molecule has 72 valence electrons. The van der Waals surface area contributed by atoms with Gasteiger partial charge in [-0.15, -0.1) is 0 Å². The van der Waals surface area contributed by atoms with Gasteiger partial charge in [0.15, 0.2) is 0 Å². The summed E-state index contributed by atoms with van der Waals surface area (Å²) in [7, 11) is 0. The Morgan fingerprint density at radius 1 is 1.54 bits per heavy atom. The van der Waals surface area contributed by atoms with Gasteiger partial charge in [0.25, 0.3) is 0 Å². The fraction of sp³-hybridized carbons (Fsp3) is 0.778. The lowest BCUT2D eigenvalue weighted by molar-refractivity contribution is 0.787. The van der Waals surface area contributed by atoms with Gasteiger partial charge in [-0.25, -0.2) is 4.98 Å². The van der Waals surface area contributed by atoms with Crippen molar-refractivity contribution in [1.82, 2.24) is 9.36 Å². The van der Waals surface area contributed by atoms with Crippen LogP contribution >= 0.6 is 11.5 Å². The van der Waals surface area contributed by atoms with E-state index in [1.165, 1.54) is 24.4 Å². The summed E-state index contributed by atoms with van der Waals surface area (Å²) in [5, 5.41) is 4.24. The summed E-state index contributed by atoms with van der Waals surface area (Å²) in [5.41, 5.74) is 0. The molecular formula is C9H15N3S. The highest BCUT2D eigenvalue weighted by atomic mass is 32.1. The minimum atomic E-state index is 0.883. The first-order valence-electron chi connectivity index (χ1n) is 4.95. The molecule has 0 radical (unpaired) electrons. The Kier molecular flexibility index (Phi) is 2.78. The molecule has 0 aliphatic heterocycles. The first kappa shape index (κ1) is 8.94. The average Bonchev–Trinajstić information content (AvgIpc) is 2.81. The minimum absolute atomic E-state index is 0.883. The van der Waals surface area contributed by atoms with Gasteiger partial charge in [0.05, 0.1) is 0 Å². The third-order valence-electron chi connectivity index (χ3n) is 2.16. The number of nitrogens with zero attached hydrogens (tertiary/aromatic N) is 2. The van der Waals surface area contributed by atoms with Crippen LogP contribution in [-0.2, 0) is 6.42 Å². The number of rotatable bonds is 5. The Labute approximate surface area is 82.8 Å². The molecular weight excluding hydrogens is 182 g/mol. The van der Waals surface area contributed by atoms with Gasteiger partial charge in [0, 0.05) is 24.5 Å². The molecule has 1 fully saturated rings. The summed E-state index contributed by atoms with van der Waals surface area (Å²) in [6.45, 7) is 3.15. The van der Waals surface area contributed by atoms with Crippen molar-refractivity contribution in [2.45, 2.75) is 32.6 Å². The van der Waals surface area contributed by atoms with Crippen molar-refractivity contribution in [3.8, 4) is 0 Å². The zero-order valence-electron chi connectivity index (χ0n) is 7.92. The Hall–Kier alpha value is -0.640. The normalized spacial score (nSPS) is 16.1. The Balaban J connectivity index is 1.84. The second-order valence-corrected chi connectivity index (χ2v) is 4.34. The number of anilines is 1. The lowest BCUT2D eigenvalue weighted by Gasteiger charge is -1.95. The molecule has 1 aliphatic carbocycles. The van der Waals surface area contributed by atoms with E-state index < -0.39 is 0 Å². The topological polar surface area (TPSA) is 37.8 Å². The van der Waals surface area contributed by atoms with Crippen LogP contribution in [0.15, 0.2) is 0 Å².